The second kappa shape index (κ2) is 7.97. The molecule has 1 fully saturated rings. The summed E-state index contributed by atoms with van der Waals surface area (Å²) in [6, 6.07) is 14.5. The van der Waals surface area contributed by atoms with E-state index in [0.717, 1.165) is 17.7 Å². The minimum absolute atomic E-state index is 0.215. The molecule has 1 amide bonds. The van der Waals surface area contributed by atoms with Crippen molar-refractivity contribution in [1.29, 1.82) is 0 Å². The van der Waals surface area contributed by atoms with Crippen molar-refractivity contribution >= 4 is 23.7 Å². The Balaban J connectivity index is 1.54. The summed E-state index contributed by atoms with van der Waals surface area (Å²) in [4.78, 5) is 19.6. The van der Waals surface area contributed by atoms with Crippen LogP contribution in [0.25, 0.3) is 6.08 Å². The van der Waals surface area contributed by atoms with Crippen molar-refractivity contribution in [3.05, 3.63) is 66.5 Å². The van der Waals surface area contributed by atoms with Crippen LogP contribution in [0.2, 0.25) is 0 Å². The van der Waals surface area contributed by atoms with E-state index in [-0.39, 0.29) is 5.91 Å². The van der Waals surface area contributed by atoms with Crippen LogP contribution in [0.3, 0.4) is 0 Å². The van der Waals surface area contributed by atoms with Gasteiger partial charge >= 0.3 is 0 Å². The van der Waals surface area contributed by atoms with Gasteiger partial charge in [-0.05, 0) is 30.5 Å². The molecule has 1 heterocycles. The van der Waals surface area contributed by atoms with Crippen LogP contribution in [0, 0.1) is 0 Å². The van der Waals surface area contributed by atoms with Crippen LogP contribution < -0.4 is 0 Å². The number of pyridine rings is 1. The molecule has 0 unspecified atom stereocenters. The predicted octanol–water partition coefficient (Wildman–Crippen LogP) is 3.88. The van der Waals surface area contributed by atoms with Crippen molar-refractivity contribution in [2.75, 3.05) is 12.3 Å². The monoisotopic (exact) mass is 324 g/mol. The molecule has 0 aliphatic heterocycles. The minimum Gasteiger partial charge on any atom is -0.335 e. The molecule has 0 atom stereocenters. The van der Waals surface area contributed by atoms with Gasteiger partial charge < -0.3 is 4.90 Å². The smallest absolute Gasteiger partial charge is 0.233 e. The number of hydrogen-bond acceptors (Lipinski definition) is 3. The molecule has 0 saturated heterocycles. The summed E-state index contributed by atoms with van der Waals surface area (Å²) in [6.07, 6.45) is 9.94. The van der Waals surface area contributed by atoms with E-state index in [9.17, 15) is 4.79 Å². The third-order valence-electron chi connectivity index (χ3n) is 3.73. The molecule has 4 heteroatoms. The van der Waals surface area contributed by atoms with Crippen LogP contribution in [0.5, 0.6) is 0 Å². The van der Waals surface area contributed by atoms with Crippen LogP contribution in [0.4, 0.5) is 0 Å². The van der Waals surface area contributed by atoms with Crippen molar-refractivity contribution in [3.8, 4) is 0 Å². The zero-order valence-corrected chi connectivity index (χ0v) is 13.8. The first-order chi connectivity index (χ1) is 11.3. The second-order valence-corrected chi connectivity index (χ2v) is 6.61. The maximum Gasteiger partial charge on any atom is 0.233 e. The Bertz CT molecular complexity index is 654. The number of rotatable bonds is 7. The van der Waals surface area contributed by atoms with Gasteiger partial charge in [0.15, 0.2) is 0 Å². The molecule has 23 heavy (non-hydrogen) atoms. The molecular weight excluding hydrogens is 304 g/mol. The molecule has 3 nitrogen and oxygen atoms in total. The van der Waals surface area contributed by atoms with Crippen LogP contribution >= 0.6 is 11.8 Å². The van der Waals surface area contributed by atoms with Gasteiger partial charge in [0.25, 0.3) is 0 Å². The van der Waals surface area contributed by atoms with Gasteiger partial charge in [0.1, 0.15) is 0 Å². The van der Waals surface area contributed by atoms with Crippen LogP contribution in [-0.4, -0.2) is 34.1 Å². The highest BCUT2D eigenvalue weighted by Crippen LogP contribution is 2.28. The maximum atomic E-state index is 12.5. The highest BCUT2D eigenvalue weighted by atomic mass is 32.2. The summed E-state index contributed by atoms with van der Waals surface area (Å²) in [5.74, 6) is 0.701. The Hall–Kier alpha value is -2.07. The first-order valence-corrected chi connectivity index (χ1v) is 8.85. The van der Waals surface area contributed by atoms with Crippen molar-refractivity contribution < 1.29 is 4.79 Å². The fourth-order valence-electron chi connectivity index (χ4n) is 2.37. The van der Waals surface area contributed by atoms with E-state index in [4.69, 9.17) is 0 Å². The third kappa shape index (κ3) is 4.96. The van der Waals surface area contributed by atoms with E-state index in [0.29, 0.717) is 18.3 Å². The van der Waals surface area contributed by atoms with Crippen molar-refractivity contribution in [1.82, 2.24) is 9.88 Å². The lowest BCUT2D eigenvalue weighted by Crippen LogP contribution is -2.34. The number of hydrogen-bond donors (Lipinski definition) is 0. The Morgan fingerprint density at radius 1 is 1.17 bits per heavy atom. The summed E-state index contributed by atoms with van der Waals surface area (Å²) < 4.78 is 0. The van der Waals surface area contributed by atoms with Gasteiger partial charge in [-0.3, -0.25) is 9.78 Å². The second-order valence-electron chi connectivity index (χ2n) is 5.56. The lowest BCUT2D eigenvalue weighted by Gasteiger charge is -2.20. The highest BCUT2D eigenvalue weighted by molar-refractivity contribution is 8.00. The Morgan fingerprint density at radius 3 is 2.61 bits per heavy atom. The molecular formula is C19H20N2OS. The van der Waals surface area contributed by atoms with Gasteiger partial charge in [0.05, 0.1) is 5.75 Å². The topological polar surface area (TPSA) is 33.2 Å². The van der Waals surface area contributed by atoms with Crippen LogP contribution in [0.1, 0.15) is 18.4 Å². The lowest BCUT2D eigenvalue weighted by atomic mass is 10.2. The minimum atomic E-state index is 0.215. The molecule has 0 radical (unpaired) electrons. The fraction of sp³-hybridized carbons (Fsp3) is 0.263. The first kappa shape index (κ1) is 15.8. The molecule has 1 aliphatic carbocycles. The summed E-state index contributed by atoms with van der Waals surface area (Å²) in [5, 5.41) is 0. The molecule has 1 aliphatic rings. The standard InChI is InChI=1S/C19H20N2OS/c22-19(15-23-18-10-12-20-13-11-18)21(17-8-9-17)14-4-7-16-5-2-1-3-6-16/h1-7,10-13,17H,8-9,14-15H2. The number of amides is 1. The molecule has 1 saturated carbocycles. The molecule has 1 aromatic carbocycles. The average Bonchev–Trinajstić information content (AvgIpc) is 3.43. The zero-order chi connectivity index (χ0) is 15.9. The number of thioether (sulfide) groups is 1. The van der Waals surface area contributed by atoms with Gasteiger partial charge in [-0.2, -0.15) is 0 Å². The highest BCUT2D eigenvalue weighted by Gasteiger charge is 2.31. The van der Waals surface area contributed by atoms with E-state index in [1.54, 1.807) is 24.2 Å². The third-order valence-corrected chi connectivity index (χ3v) is 4.73. The fourth-order valence-corrected chi connectivity index (χ4v) is 3.14. The van der Waals surface area contributed by atoms with Gasteiger partial charge in [-0.15, -0.1) is 11.8 Å². The number of carbonyl (C=O) groups is 1. The largest absolute Gasteiger partial charge is 0.335 e. The normalized spacial score (nSPS) is 14.1. The quantitative estimate of drug-likeness (QED) is 0.725. The SMILES string of the molecule is O=C(CSc1ccncc1)N(CC=Cc1ccccc1)C1CC1. The van der Waals surface area contributed by atoms with E-state index >= 15 is 0 Å². The number of aromatic nitrogens is 1. The number of benzene rings is 1. The zero-order valence-electron chi connectivity index (χ0n) is 13.0. The average molecular weight is 324 g/mol. The van der Waals surface area contributed by atoms with Gasteiger partial charge in [0.2, 0.25) is 5.91 Å². The van der Waals surface area contributed by atoms with E-state index in [1.165, 1.54) is 5.56 Å². The van der Waals surface area contributed by atoms with Crippen LogP contribution in [-0.2, 0) is 4.79 Å². The predicted molar refractivity (Wildman–Crippen MR) is 95.2 cm³/mol. The summed E-state index contributed by atoms with van der Waals surface area (Å²) in [6.45, 7) is 0.690. The van der Waals surface area contributed by atoms with Gasteiger partial charge in [-0.1, -0.05) is 42.5 Å². The van der Waals surface area contributed by atoms with E-state index in [1.807, 2.05) is 35.2 Å². The summed E-state index contributed by atoms with van der Waals surface area (Å²) in [7, 11) is 0. The van der Waals surface area contributed by atoms with E-state index in [2.05, 4.69) is 29.3 Å². The molecule has 1 aromatic heterocycles. The van der Waals surface area contributed by atoms with Crippen molar-refractivity contribution in [3.63, 3.8) is 0 Å². The molecule has 0 N–H and O–H groups in total. The maximum absolute atomic E-state index is 12.5. The molecule has 0 spiro atoms. The van der Waals surface area contributed by atoms with Gasteiger partial charge in [-0.25, -0.2) is 0 Å². The van der Waals surface area contributed by atoms with Crippen molar-refractivity contribution in [2.45, 2.75) is 23.8 Å². The Kier molecular flexibility index (Phi) is 5.48. The summed E-state index contributed by atoms with van der Waals surface area (Å²) >= 11 is 1.58. The molecule has 3 rings (SSSR count). The number of carbonyl (C=O) groups excluding carboxylic acids is 1. The summed E-state index contributed by atoms with van der Waals surface area (Å²) in [5.41, 5.74) is 1.17. The lowest BCUT2D eigenvalue weighted by molar-refractivity contribution is -0.128. The van der Waals surface area contributed by atoms with Crippen molar-refractivity contribution in [2.24, 2.45) is 0 Å². The Morgan fingerprint density at radius 2 is 1.91 bits per heavy atom. The molecule has 0 bridgehead atoms. The molecule has 118 valence electrons. The Labute approximate surface area is 141 Å². The van der Waals surface area contributed by atoms with Crippen LogP contribution in [0.15, 0.2) is 65.8 Å². The number of nitrogens with zero attached hydrogens (tertiary/aromatic N) is 2. The molecule has 2 aromatic rings. The van der Waals surface area contributed by atoms with Gasteiger partial charge in [0, 0.05) is 29.9 Å². The first-order valence-electron chi connectivity index (χ1n) is 7.87. The van der Waals surface area contributed by atoms with E-state index < -0.39 is 0 Å².